The molecule has 0 atom stereocenters. The number of nitrogens with zero attached hydrogens (tertiary/aromatic N) is 2. The van der Waals surface area contributed by atoms with Crippen LogP contribution in [-0.2, 0) is 6.54 Å². The molecule has 1 saturated carbocycles. The quantitative estimate of drug-likeness (QED) is 0.226. The van der Waals surface area contributed by atoms with E-state index in [4.69, 9.17) is 14.5 Å². The first-order valence-electron chi connectivity index (χ1n) is 13.2. The maximum absolute atomic E-state index is 12.4. The van der Waals surface area contributed by atoms with E-state index in [0.717, 1.165) is 70.7 Å². The molecule has 0 radical (unpaired) electrons. The number of carbonyl (C=O) groups is 1. The van der Waals surface area contributed by atoms with Gasteiger partial charge >= 0.3 is 6.03 Å². The fourth-order valence-electron chi connectivity index (χ4n) is 4.76. The van der Waals surface area contributed by atoms with E-state index in [1.54, 1.807) is 26.0 Å². The molecule has 37 heavy (non-hydrogen) atoms. The Labute approximate surface area is 224 Å². The molecule has 3 aromatic rings. The number of thioether (sulfide) groups is 1. The molecule has 1 aliphatic carbocycles. The van der Waals surface area contributed by atoms with Crippen LogP contribution in [0.15, 0.2) is 53.7 Å². The van der Waals surface area contributed by atoms with E-state index < -0.39 is 0 Å². The minimum Gasteiger partial charge on any atom is -0.497 e. The number of amides is 2. The van der Waals surface area contributed by atoms with Gasteiger partial charge in [0, 0.05) is 36.0 Å². The number of aromatic nitrogens is 2. The maximum Gasteiger partial charge on any atom is 0.315 e. The highest BCUT2D eigenvalue weighted by atomic mass is 32.2. The fraction of sp³-hybridized carbons (Fsp3) is 0.448. The molecule has 1 aromatic heterocycles. The normalized spacial score (nSPS) is 13.8. The summed E-state index contributed by atoms with van der Waals surface area (Å²) in [7, 11) is 3.35. The van der Waals surface area contributed by atoms with E-state index in [-0.39, 0.29) is 6.03 Å². The number of nitrogens with one attached hydrogen (secondary N) is 2. The number of methoxy groups -OCH3 is 2. The van der Waals surface area contributed by atoms with Gasteiger partial charge in [-0.2, -0.15) is 0 Å². The molecule has 2 amide bonds. The van der Waals surface area contributed by atoms with Crippen molar-refractivity contribution in [2.45, 2.75) is 63.2 Å². The van der Waals surface area contributed by atoms with Gasteiger partial charge in [-0.25, -0.2) is 9.78 Å². The summed E-state index contributed by atoms with van der Waals surface area (Å²) in [5.41, 5.74) is 4.14. The van der Waals surface area contributed by atoms with Crippen molar-refractivity contribution < 1.29 is 14.3 Å². The largest absolute Gasteiger partial charge is 0.497 e. The number of hydrogen-bond acceptors (Lipinski definition) is 5. The second-order valence-electron chi connectivity index (χ2n) is 9.28. The first-order valence-corrected chi connectivity index (χ1v) is 14.2. The Hall–Kier alpha value is -3.13. The second-order valence-corrected chi connectivity index (χ2v) is 10.3. The Morgan fingerprint density at radius 3 is 2.19 bits per heavy atom. The van der Waals surface area contributed by atoms with Crippen LogP contribution < -0.4 is 20.1 Å². The van der Waals surface area contributed by atoms with Crippen molar-refractivity contribution in [2.75, 3.05) is 26.5 Å². The van der Waals surface area contributed by atoms with Gasteiger partial charge in [0.1, 0.15) is 11.5 Å². The Morgan fingerprint density at radius 1 is 0.973 bits per heavy atom. The third-order valence-electron chi connectivity index (χ3n) is 6.67. The average molecular weight is 523 g/mol. The van der Waals surface area contributed by atoms with Crippen LogP contribution in [0, 0.1) is 0 Å². The second kappa shape index (κ2) is 13.4. The molecule has 0 aliphatic heterocycles. The molecule has 1 heterocycles. The van der Waals surface area contributed by atoms with Gasteiger partial charge in [0.25, 0.3) is 0 Å². The number of urea groups is 1. The lowest BCUT2D eigenvalue weighted by atomic mass is 9.96. The van der Waals surface area contributed by atoms with E-state index >= 15 is 0 Å². The maximum atomic E-state index is 12.4. The summed E-state index contributed by atoms with van der Waals surface area (Å²) in [6.45, 7) is 3.61. The van der Waals surface area contributed by atoms with Crippen molar-refractivity contribution in [2.24, 2.45) is 0 Å². The lowest BCUT2D eigenvalue weighted by Crippen LogP contribution is -2.43. The lowest BCUT2D eigenvalue weighted by Gasteiger charge is -2.22. The van der Waals surface area contributed by atoms with Gasteiger partial charge in [-0.3, -0.25) is 0 Å². The van der Waals surface area contributed by atoms with Crippen molar-refractivity contribution in [3.63, 3.8) is 0 Å². The summed E-state index contributed by atoms with van der Waals surface area (Å²) >= 11 is 1.67. The van der Waals surface area contributed by atoms with Crippen molar-refractivity contribution >= 4 is 17.8 Å². The zero-order chi connectivity index (χ0) is 26.0. The molecule has 1 aliphatic rings. The van der Waals surface area contributed by atoms with E-state index in [2.05, 4.69) is 46.4 Å². The fourth-order valence-corrected chi connectivity index (χ4v) is 5.64. The number of hydrogen-bond donors (Lipinski definition) is 2. The first-order chi connectivity index (χ1) is 18.1. The van der Waals surface area contributed by atoms with Gasteiger partial charge in [-0.1, -0.05) is 37.9 Å². The van der Waals surface area contributed by atoms with E-state index in [1.807, 2.05) is 24.3 Å². The summed E-state index contributed by atoms with van der Waals surface area (Å²) in [4.78, 5) is 17.5. The highest BCUT2D eigenvalue weighted by Crippen LogP contribution is 2.37. The van der Waals surface area contributed by atoms with Crippen molar-refractivity contribution in [3.05, 3.63) is 48.5 Å². The zero-order valence-electron chi connectivity index (χ0n) is 22.1. The van der Waals surface area contributed by atoms with Crippen LogP contribution in [0.3, 0.4) is 0 Å². The number of imidazole rings is 1. The molecule has 2 aromatic carbocycles. The van der Waals surface area contributed by atoms with Gasteiger partial charge < -0.3 is 24.7 Å². The van der Waals surface area contributed by atoms with Crippen molar-refractivity contribution in [1.29, 1.82) is 0 Å². The van der Waals surface area contributed by atoms with Gasteiger partial charge in [0.2, 0.25) is 0 Å². The average Bonchev–Trinajstić information content (AvgIpc) is 3.30. The van der Waals surface area contributed by atoms with Crippen molar-refractivity contribution in [3.8, 4) is 34.0 Å². The molecule has 0 saturated heterocycles. The van der Waals surface area contributed by atoms with Crippen molar-refractivity contribution in [1.82, 2.24) is 20.2 Å². The topological polar surface area (TPSA) is 77.4 Å². The van der Waals surface area contributed by atoms with Crippen LogP contribution >= 0.6 is 11.8 Å². The summed E-state index contributed by atoms with van der Waals surface area (Å²) < 4.78 is 13.0. The predicted molar refractivity (Wildman–Crippen MR) is 151 cm³/mol. The number of carbonyl (C=O) groups excluding carboxylic acids is 1. The van der Waals surface area contributed by atoms with Gasteiger partial charge in [0.05, 0.1) is 25.6 Å². The third-order valence-corrected chi connectivity index (χ3v) is 7.64. The molecule has 8 heteroatoms. The van der Waals surface area contributed by atoms with Crippen LogP contribution in [-0.4, -0.2) is 48.1 Å². The highest BCUT2D eigenvalue weighted by Gasteiger charge is 2.21. The molecular formula is C29H38N4O3S. The Kier molecular flexibility index (Phi) is 9.77. The predicted octanol–water partition coefficient (Wildman–Crippen LogP) is 6.37. The molecule has 1 fully saturated rings. The summed E-state index contributed by atoms with van der Waals surface area (Å²) in [6, 6.07) is 16.4. The standard InChI is InChI=1S/C29H38N4O3S/c1-4-19-33-27(22-12-16-25(36-3)17-13-22)26(21-10-14-24(35-2)15-11-21)32-29(33)37-20-18-30-28(34)31-23-8-6-5-7-9-23/h10-17,23H,4-9,18-20H2,1-3H3,(H2,30,31,34). The lowest BCUT2D eigenvalue weighted by molar-refractivity contribution is 0.233. The zero-order valence-corrected chi connectivity index (χ0v) is 22.9. The van der Waals surface area contributed by atoms with Crippen LogP contribution in [0.25, 0.3) is 22.5 Å². The third kappa shape index (κ3) is 7.01. The molecule has 2 N–H and O–H groups in total. The van der Waals surface area contributed by atoms with E-state index in [9.17, 15) is 4.79 Å². The number of benzene rings is 2. The Bertz CT molecular complexity index is 1140. The Morgan fingerprint density at radius 2 is 1.59 bits per heavy atom. The molecule has 0 unspecified atom stereocenters. The molecule has 7 nitrogen and oxygen atoms in total. The molecule has 0 bridgehead atoms. The van der Waals surface area contributed by atoms with E-state index in [0.29, 0.717) is 12.6 Å². The molecule has 0 spiro atoms. The summed E-state index contributed by atoms with van der Waals surface area (Å²) in [6.07, 6.45) is 6.83. The molecular weight excluding hydrogens is 484 g/mol. The van der Waals surface area contributed by atoms with Gasteiger partial charge in [0.15, 0.2) is 5.16 Å². The number of rotatable bonds is 11. The van der Waals surface area contributed by atoms with Gasteiger partial charge in [-0.05, 0) is 67.8 Å². The smallest absolute Gasteiger partial charge is 0.315 e. The summed E-state index contributed by atoms with van der Waals surface area (Å²) in [5, 5.41) is 7.10. The molecule has 198 valence electrons. The Balaban J connectivity index is 1.54. The van der Waals surface area contributed by atoms with Crippen LogP contribution in [0.5, 0.6) is 11.5 Å². The minimum absolute atomic E-state index is 0.0674. The summed E-state index contributed by atoms with van der Waals surface area (Å²) in [5.74, 6) is 2.38. The monoisotopic (exact) mass is 522 g/mol. The van der Waals surface area contributed by atoms with E-state index in [1.165, 1.54) is 19.3 Å². The molecule has 4 rings (SSSR count). The van der Waals surface area contributed by atoms with Crippen LogP contribution in [0.1, 0.15) is 45.4 Å². The minimum atomic E-state index is -0.0674. The van der Waals surface area contributed by atoms with Crippen LogP contribution in [0.4, 0.5) is 4.79 Å². The van der Waals surface area contributed by atoms with Crippen LogP contribution in [0.2, 0.25) is 0 Å². The van der Waals surface area contributed by atoms with Gasteiger partial charge in [-0.15, -0.1) is 0 Å². The SMILES string of the molecule is CCCn1c(SCCNC(=O)NC2CCCCC2)nc(-c2ccc(OC)cc2)c1-c1ccc(OC)cc1. The first kappa shape index (κ1) is 26.9. The highest BCUT2D eigenvalue weighted by molar-refractivity contribution is 7.99. The number of ether oxygens (including phenoxy) is 2.